The van der Waals surface area contributed by atoms with Gasteiger partial charge in [-0.25, -0.2) is 0 Å². The van der Waals surface area contributed by atoms with Crippen LogP contribution in [0.1, 0.15) is 11.1 Å². The van der Waals surface area contributed by atoms with E-state index >= 15 is 0 Å². The lowest BCUT2D eigenvalue weighted by Crippen LogP contribution is -2.31. The van der Waals surface area contributed by atoms with Gasteiger partial charge in [-0.05, 0) is 35.9 Å². The van der Waals surface area contributed by atoms with Crippen LogP contribution in [-0.2, 0) is 11.3 Å². The topological polar surface area (TPSA) is 48.3 Å². The van der Waals surface area contributed by atoms with Gasteiger partial charge in [-0.2, -0.15) is 5.26 Å². The fraction of sp³-hybridized carbons (Fsp3) is 0.240. The van der Waals surface area contributed by atoms with Crippen molar-refractivity contribution in [3.05, 3.63) is 100 Å². The van der Waals surface area contributed by atoms with Crippen molar-refractivity contribution in [2.75, 3.05) is 38.7 Å². The van der Waals surface area contributed by atoms with Crippen molar-refractivity contribution in [1.82, 2.24) is 4.90 Å². The predicted octanol–water partition coefficient (Wildman–Crippen LogP) is 6.11. The molecular formula is C25H27Cl2N3O. The molecule has 162 valence electrons. The third-order valence-electron chi connectivity index (χ3n) is 4.44. The minimum atomic E-state index is 0.566. The van der Waals surface area contributed by atoms with Crippen LogP contribution in [0.15, 0.2) is 78.9 Å². The van der Waals surface area contributed by atoms with Gasteiger partial charge in [0.05, 0.1) is 28.9 Å². The summed E-state index contributed by atoms with van der Waals surface area (Å²) in [6.45, 7) is 4.09. The Labute approximate surface area is 195 Å². The van der Waals surface area contributed by atoms with Gasteiger partial charge in [-0.3, -0.25) is 4.90 Å². The van der Waals surface area contributed by atoms with E-state index in [4.69, 9.17) is 33.2 Å². The lowest BCUT2D eigenvalue weighted by molar-refractivity contribution is 0.146. The molecule has 3 aromatic rings. The van der Waals surface area contributed by atoms with E-state index in [9.17, 15) is 0 Å². The zero-order chi connectivity index (χ0) is 22.3. The zero-order valence-electron chi connectivity index (χ0n) is 17.6. The molecule has 0 spiro atoms. The number of ether oxygens (including phenoxy) is 1. The van der Waals surface area contributed by atoms with E-state index in [-0.39, 0.29) is 0 Å². The molecular weight excluding hydrogens is 429 g/mol. The number of nitrogens with zero attached hydrogens (tertiary/aromatic N) is 2. The summed E-state index contributed by atoms with van der Waals surface area (Å²) in [7, 11) is 1.72. The lowest BCUT2D eigenvalue weighted by atomic mass is 10.2. The first-order valence-corrected chi connectivity index (χ1v) is 10.8. The second-order valence-corrected chi connectivity index (χ2v) is 7.63. The maximum absolute atomic E-state index is 8.88. The average molecular weight is 456 g/mol. The van der Waals surface area contributed by atoms with E-state index < -0.39 is 0 Å². The summed E-state index contributed by atoms with van der Waals surface area (Å²) in [5.74, 6) is 0. The molecule has 0 radical (unpaired) electrons. The maximum Gasteiger partial charge on any atom is 0.0992 e. The molecule has 6 heteroatoms. The summed E-state index contributed by atoms with van der Waals surface area (Å²) in [6, 6.07) is 27.2. The number of hydrogen-bond donors (Lipinski definition) is 1. The van der Waals surface area contributed by atoms with Gasteiger partial charge in [0.1, 0.15) is 0 Å². The van der Waals surface area contributed by atoms with Crippen LogP contribution in [0.3, 0.4) is 0 Å². The van der Waals surface area contributed by atoms with Crippen molar-refractivity contribution in [1.29, 1.82) is 5.26 Å². The zero-order valence-corrected chi connectivity index (χ0v) is 19.1. The van der Waals surface area contributed by atoms with Gasteiger partial charge in [0.25, 0.3) is 0 Å². The Morgan fingerprint density at radius 3 is 2.16 bits per heavy atom. The third-order valence-corrected chi connectivity index (χ3v) is 5.00. The van der Waals surface area contributed by atoms with Crippen LogP contribution in [-0.4, -0.2) is 38.3 Å². The van der Waals surface area contributed by atoms with E-state index in [0.717, 1.165) is 36.9 Å². The van der Waals surface area contributed by atoms with Crippen molar-refractivity contribution < 1.29 is 4.74 Å². The molecule has 3 rings (SSSR count). The SMILES string of the molecule is COCCN(CCNc1ccc(C#N)cc1Cl)Cc1ccccc1.Clc1ccccc1. The number of nitrogens with one attached hydrogen (secondary N) is 1. The molecule has 0 aliphatic heterocycles. The fourth-order valence-corrected chi connectivity index (χ4v) is 3.22. The highest BCUT2D eigenvalue weighted by atomic mass is 35.5. The molecule has 0 atom stereocenters. The van der Waals surface area contributed by atoms with Gasteiger partial charge in [-0.15, -0.1) is 0 Å². The van der Waals surface area contributed by atoms with E-state index in [1.54, 1.807) is 19.2 Å². The highest BCUT2D eigenvalue weighted by Gasteiger charge is 2.07. The van der Waals surface area contributed by atoms with Crippen molar-refractivity contribution in [3.63, 3.8) is 0 Å². The van der Waals surface area contributed by atoms with Crippen molar-refractivity contribution in [2.24, 2.45) is 0 Å². The van der Waals surface area contributed by atoms with Crippen LogP contribution in [0.25, 0.3) is 0 Å². The first kappa shape index (κ1) is 24.7. The van der Waals surface area contributed by atoms with Gasteiger partial charge < -0.3 is 10.1 Å². The highest BCUT2D eigenvalue weighted by Crippen LogP contribution is 2.22. The van der Waals surface area contributed by atoms with Crippen molar-refractivity contribution >= 4 is 28.9 Å². The Morgan fingerprint density at radius 2 is 1.61 bits per heavy atom. The molecule has 0 amide bonds. The summed E-state index contributed by atoms with van der Waals surface area (Å²) in [5.41, 5.74) is 2.70. The molecule has 0 aromatic heterocycles. The average Bonchev–Trinajstić information content (AvgIpc) is 2.80. The molecule has 31 heavy (non-hydrogen) atoms. The molecule has 0 saturated heterocycles. The molecule has 0 heterocycles. The van der Waals surface area contributed by atoms with Gasteiger partial charge in [-0.1, -0.05) is 71.7 Å². The normalized spacial score (nSPS) is 10.2. The van der Waals surface area contributed by atoms with Gasteiger partial charge in [0.15, 0.2) is 0 Å². The second kappa shape index (κ2) is 14.5. The summed E-state index contributed by atoms with van der Waals surface area (Å²) in [4.78, 5) is 2.34. The summed E-state index contributed by atoms with van der Waals surface area (Å²) in [6.07, 6.45) is 0. The van der Waals surface area contributed by atoms with Gasteiger partial charge in [0, 0.05) is 38.3 Å². The summed E-state index contributed by atoms with van der Waals surface area (Å²) >= 11 is 11.7. The van der Waals surface area contributed by atoms with Crippen LogP contribution in [0.4, 0.5) is 5.69 Å². The largest absolute Gasteiger partial charge is 0.383 e. The Kier molecular flexibility index (Phi) is 11.5. The van der Waals surface area contributed by atoms with Crippen LogP contribution in [0.2, 0.25) is 10.0 Å². The number of nitriles is 1. The predicted molar refractivity (Wildman–Crippen MR) is 130 cm³/mol. The summed E-state index contributed by atoms with van der Waals surface area (Å²) in [5, 5.41) is 13.6. The molecule has 0 saturated carbocycles. The minimum Gasteiger partial charge on any atom is -0.383 e. The van der Waals surface area contributed by atoms with E-state index in [1.165, 1.54) is 5.56 Å². The lowest BCUT2D eigenvalue weighted by Gasteiger charge is -2.22. The highest BCUT2D eigenvalue weighted by molar-refractivity contribution is 6.33. The standard InChI is InChI=1S/C19H22ClN3O.C6H5Cl/c1-24-12-11-23(15-16-5-3-2-4-6-16)10-9-22-19-8-7-17(14-21)13-18(19)20;7-6-4-2-1-3-5-6/h2-8,13,22H,9-12,15H2,1H3;1-5H. The first-order valence-electron chi connectivity index (χ1n) is 10.0. The van der Waals surface area contributed by atoms with Crippen LogP contribution < -0.4 is 5.32 Å². The Balaban J connectivity index is 0.000000412. The quantitative estimate of drug-likeness (QED) is 0.422. The molecule has 4 nitrogen and oxygen atoms in total. The Hall–Kier alpha value is -2.55. The summed E-state index contributed by atoms with van der Waals surface area (Å²) < 4.78 is 5.21. The smallest absolute Gasteiger partial charge is 0.0992 e. The number of anilines is 1. The van der Waals surface area contributed by atoms with Gasteiger partial charge >= 0.3 is 0 Å². The Morgan fingerprint density at radius 1 is 0.935 bits per heavy atom. The molecule has 0 aliphatic carbocycles. The molecule has 1 N–H and O–H groups in total. The van der Waals surface area contributed by atoms with Crippen LogP contribution >= 0.6 is 23.2 Å². The number of methoxy groups -OCH3 is 1. The van der Waals surface area contributed by atoms with Crippen LogP contribution in [0, 0.1) is 11.3 Å². The monoisotopic (exact) mass is 455 g/mol. The minimum absolute atomic E-state index is 0.566. The second-order valence-electron chi connectivity index (χ2n) is 6.78. The molecule has 0 unspecified atom stereocenters. The third kappa shape index (κ3) is 9.87. The van der Waals surface area contributed by atoms with E-state index in [2.05, 4.69) is 40.6 Å². The number of halogens is 2. The van der Waals surface area contributed by atoms with E-state index in [1.807, 2.05) is 42.5 Å². The maximum atomic E-state index is 8.88. The Bertz CT molecular complexity index is 931. The fourth-order valence-electron chi connectivity index (χ4n) is 2.82. The first-order chi connectivity index (χ1) is 15.1. The molecule has 0 aliphatic rings. The van der Waals surface area contributed by atoms with Crippen molar-refractivity contribution in [3.8, 4) is 6.07 Å². The van der Waals surface area contributed by atoms with Crippen molar-refractivity contribution in [2.45, 2.75) is 6.54 Å². The van der Waals surface area contributed by atoms with Gasteiger partial charge in [0.2, 0.25) is 0 Å². The molecule has 3 aromatic carbocycles. The molecule has 0 bridgehead atoms. The number of hydrogen-bond acceptors (Lipinski definition) is 4. The van der Waals surface area contributed by atoms with Crippen LogP contribution in [0.5, 0.6) is 0 Å². The van der Waals surface area contributed by atoms with E-state index in [0.29, 0.717) is 17.2 Å². The number of rotatable bonds is 9. The molecule has 0 fully saturated rings. The number of benzene rings is 3.